The maximum absolute atomic E-state index is 5.21. The van der Waals surface area contributed by atoms with Gasteiger partial charge < -0.3 is 15.4 Å². The number of guanidine groups is 1. The number of methoxy groups -OCH3 is 1. The molecule has 0 atom stereocenters. The molecule has 0 aliphatic carbocycles. The van der Waals surface area contributed by atoms with Crippen molar-refractivity contribution in [3.63, 3.8) is 0 Å². The van der Waals surface area contributed by atoms with Crippen LogP contribution in [0.3, 0.4) is 0 Å². The van der Waals surface area contributed by atoms with Crippen LogP contribution < -0.4 is 15.4 Å². The van der Waals surface area contributed by atoms with E-state index in [9.17, 15) is 0 Å². The Morgan fingerprint density at radius 3 is 2.44 bits per heavy atom. The highest BCUT2D eigenvalue weighted by molar-refractivity contribution is 5.79. The fraction of sp³-hybridized carbons (Fsp3) is 0.208. The van der Waals surface area contributed by atoms with Gasteiger partial charge in [0.15, 0.2) is 5.96 Å². The van der Waals surface area contributed by atoms with Crippen LogP contribution in [-0.4, -0.2) is 39.7 Å². The Labute approximate surface area is 187 Å². The van der Waals surface area contributed by atoms with Crippen molar-refractivity contribution >= 4 is 5.96 Å². The molecule has 164 valence electrons. The van der Waals surface area contributed by atoms with Gasteiger partial charge in [0.25, 0.3) is 0 Å². The molecule has 0 aliphatic heterocycles. The van der Waals surface area contributed by atoms with E-state index in [4.69, 9.17) is 4.74 Å². The summed E-state index contributed by atoms with van der Waals surface area (Å²) in [4.78, 5) is 4.34. The molecule has 0 radical (unpaired) electrons. The van der Waals surface area contributed by atoms with Crippen LogP contribution in [0.5, 0.6) is 5.75 Å². The van der Waals surface area contributed by atoms with E-state index in [0.29, 0.717) is 13.1 Å². The third kappa shape index (κ3) is 5.34. The zero-order valence-electron chi connectivity index (χ0n) is 18.3. The SMILES string of the molecule is CN=C(NCc1ccn(-c2ccc(OC)cc2)n1)NCc1ccccc1Cn1cccn1. The molecule has 0 bridgehead atoms. The minimum atomic E-state index is 0.567. The van der Waals surface area contributed by atoms with Crippen LogP contribution in [0.4, 0.5) is 0 Å². The van der Waals surface area contributed by atoms with Crippen molar-refractivity contribution in [3.8, 4) is 11.4 Å². The molecule has 4 rings (SSSR count). The number of rotatable bonds is 8. The minimum Gasteiger partial charge on any atom is -0.497 e. The first-order valence-corrected chi connectivity index (χ1v) is 10.4. The standard InChI is InChI=1S/C24H27N7O/c1-25-24(26-16-19-6-3-4-7-20(19)18-30-14-5-13-28-30)27-17-21-12-15-31(29-21)22-8-10-23(32-2)11-9-22/h3-15H,16-18H2,1-2H3,(H2,25,26,27). The Morgan fingerprint density at radius 2 is 1.72 bits per heavy atom. The van der Waals surface area contributed by atoms with Crippen LogP contribution in [0.2, 0.25) is 0 Å². The molecular weight excluding hydrogens is 402 g/mol. The zero-order chi connectivity index (χ0) is 22.2. The van der Waals surface area contributed by atoms with Crippen LogP contribution in [0.1, 0.15) is 16.8 Å². The second-order valence-electron chi connectivity index (χ2n) is 7.20. The number of benzene rings is 2. The predicted molar refractivity (Wildman–Crippen MR) is 125 cm³/mol. The van der Waals surface area contributed by atoms with E-state index < -0.39 is 0 Å². The van der Waals surface area contributed by atoms with E-state index in [1.807, 2.05) is 64.2 Å². The number of ether oxygens (including phenoxy) is 1. The van der Waals surface area contributed by atoms with Crippen molar-refractivity contribution in [1.82, 2.24) is 30.2 Å². The van der Waals surface area contributed by atoms with Gasteiger partial charge in [-0.1, -0.05) is 24.3 Å². The van der Waals surface area contributed by atoms with Crippen molar-refractivity contribution < 1.29 is 4.74 Å². The Balaban J connectivity index is 1.33. The van der Waals surface area contributed by atoms with Crippen LogP contribution in [0.15, 0.2) is 84.2 Å². The van der Waals surface area contributed by atoms with Crippen molar-refractivity contribution in [2.45, 2.75) is 19.6 Å². The molecule has 2 N–H and O–H groups in total. The fourth-order valence-electron chi connectivity index (χ4n) is 3.36. The van der Waals surface area contributed by atoms with Gasteiger partial charge in [-0.3, -0.25) is 9.67 Å². The molecule has 0 aliphatic rings. The number of aliphatic imine (C=N–C) groups is 1. The molecule has 4 aromatic rings. The second-order valence-corrected chi connectivity index (χ2v) is 7.20. The summed E-state index contributed by atoms with van der Waals surface area (Å²) in [6.45, 7) is 1.97. The minimum absolute atomic E-state index is 0.567. The summed E-state index contributed by atoms with van der Waals surface area (Å²) in [5, 5.41) is 15.7. The molecule has 0 saturated carbocycles. The summed E-state index contributed by atoms with van der Waals surface area (Å²) in [6.07, 6.45) is 5.71. The number of hydrogen-bond acceptors (Lipinski definition) is 4. The quantitative estimate of drug-likeness (QED) is 0.332. The highest BCUT2D eigenvalue weighted by Crippen LogP contribution is 2.14. The third-order valence-electron chi connectivity index (χ3n) is 5.10. The summed E-state index contributed by atoms with van der Waals surface area (Å²) in [6, 6.07) is 20.1. The van der Waals surface area contributed by atoms with Crippen molar-refractivity contribution in [2.24, 2.45) is 4.99 Å². The molecular formula is C24H27N7O. The summed E-state index contributed by atoms with van der Waals surface area (Å²) >= 11 is 0. The lowest BCUT2D eigenvalue weighted by Gasteiger charge is -2.14. The summed E-state index contributed by atoms with van der Waals surface area (Å²) in [5.74, 6) is 1.54. The van der Waals surface area contributed by atoms with Gasteiger partial charge in [-0.15, -0.1) is 0 Å². The van der Waals surface area contributed by atoms with Crippen molar-refractivity contribution in [2.75, 3.05) is 14.2 Å². The van der Waals surface area contributed by atoms with Gasteiger partial charge in [0.2, 0.25) is 0 Å². The van der Waals surface area contributed by atoms with Crippen LogP contribution in [-0.2, 0) is 19.6 Å². The lowest BCUT2D eigenvalue weighted by molar-refractivity contribution is 0.414. The molecule has 2 aromatic carbocycles. The molecule has 8 nitrogen and oxygen atoms in total. The van der Waals surface area contributed by atoms with Gasteiger partial charge in [-0.25, -0.2) is 4.68 Å². The fourth-order valence-corrected chi connectivity index (χ4v) is 3.36. The van der Waals surface area contributed by atoms with E-state index >= 15 is 0 Å². The van der Waals surface area contributed by atoms with Gasteiger partial charge in [0, 0.05) is 32.2 Å². The molecule has 2 heterocycles. The van der Waals surface area contributed by atoms with Gasteiger partial charge in [-0.2, -0.15) is 10.2 Å². The number of hydrogen-bond donors (Lipinski definition) is 2. The molecule has 0 spiro atoms. The number of aromatic nitrogens is 4. The van der Waals surface area contributed by atoms with Gasteiger partial charge in [0.1, 0.15) is 5.75 Å². The molecule has 0 saturated heterocycles. The average molecular weight is 430 g/mol. The van der Waals surface area contributed by atoms with E-state index in [1.165, 1.54) is 11.1 Å². The Morgan fingerprint density at radius 1 is 0.938 bits per heavy atom. The van der Waals surface area contributed by atoms with Crippen molar-refractivity contribution in [3.05, 3.63) is 96.1 Å². The largest absolute Gasteiger partial charge is 0.497 e. The van der Waals surface area contributed by atoms with Gasteiger partial charge in [0.05, 0.1) is 31.6 Å². The van der Waals surface area contributed by atoms with E-state index in [0.717, 1.165) is 29.6 Å². The molecule has 0 fully saturated rings. The lowest BCUT2D eigenvalue weighted by atomic mass is 10.1. The highest BCUT2D eigenvalue weighted by atomic mass is 16.5. The van der Waals surface area contributed by atoms with E-state index in [-0.39, 0.29) is 0 Å². The van der Waals surface area contributed by atoms with Crippen molar-refractivity contribution in [1.29, 1.82) is 0 Å². The summed E-state index contributed by atoms with van der Waals surface area (Å²) in [7, 11) is 3.42. The first-order chi connectivity index (χ1) is 15.7. The maximum Gasteiger partial charge on any atom is 0.191 e. The predicted octanol–water partition coefficient (Wildman–Crippen LogP) is 2.99. The first-order valence-electron chi connectivity index (χ1n) is 10.4. The Hall–Kier alpha value is -4.07. The molecule has 8 heteroatoms. The monoisotopic (exact) mass is 429 g/mol. The maximum atomic E-state index is 5.21. The van der Waals surface area contributed by atoms with Gasteiger partial charge in [-0.05, 0) is 47.5 Å². The second kappa shape index (κ2) is 10.3. The molecule has 0 amide bonds. The highest BCUT2D eigenvalue weighted by Gasteiger charge is 2.06. The Kier molecular flexibility index (Phi) is 6.81. The van der Waals surface area contributed by atoms with E-state index in [1.54, 1.807) is 20.4 Å². The lowest BCUT2D eigenvalue weighted by Crippen LogP contribution is -2.36. The normalized spacial score (nSPS) is 11.4. The summed E-state index contributed by atoms with van der Waals surface area (Å²) < 4.78 is 8.98. The zero-order valence-corrected chi connectivity index (χ0v) is 18.3. The Bertz CT molecular complexity index is 1150. The molecule has 0 unspecified atom stereocenters. The number of nitrogens with one attached hydrogen (secondary N) is 2. The third-order valence-corrected chi connectivity index (χ3v) is 5.10. The smallest absolute Gasteiger partial charge is 0.191 e. The summed E-state index contributed by atoms with van der Waals surface area (Å²) in [5.41, 5.74) is 4.32. The average Bonchev–Trinajstić information content (AvgIpc) is 3.52. The molecule has 32 heavy (non-hydrogen) atoms. The van der Waals surface area contributed by atoms with Gasteiger partial charge >= 0.3 is 0 Å². The van der Waals surface area contributed by atoms with Crippen LogP contribution in [0, 0.1) is 0 Å². The first kappa shape index (κ1) is 21.2. The topological polar surface area (TPSA) is 81.3 Å². The van der Waals surface area contributed by atoms with Crippen LogP contribution >= 0.6 is 0 Å². The molecule has 2 aromatic heterocycles. The van der Waals surface area contributed by atoms with Crippen LogP contribution in [0.25, 0.3) is 5.69 Å². The number of nitrogens with zero attached hydrogens (tertiary/aromatic N) is 5. The van der Waals surface area contributed by atoms with E-state index in [2.05, 4.69) is 44.0 Å².